The minimum Gasteiger partial charge on any atom is -0.369 e. The van der Waals surface area contributed by atoms with E-state index in [4.69, 9.17) is 0 Å². The zero-order valence-electron chi connectivity index (χ0n) is 13.8. The monoisotopic (exact) mass is 412 g/mol. The van der Waals surface area contributed by atoms with Crippen LogP contribution in [0.2, 0.25) is 0 Å². The molecule has 2 aromatic carbocycles. The summed E-state index contributed by atoms with van der Waals surface area (Å²) in [6.07, 6.45) is -12.0. The van der Waals surface area contributed by atoms with E-state index >= 15 is 0 Å². The number of rotatable bonds is 4. The minimum atomic E-state index is -6.00. The first-order valence-electron chi connectivity index (χ1n) is 7.43. The van der Waals surface area contributed by atoms with Crippen LogP contribution >= 0.6 is 0 Å². The maximum absolute atomic E-state index is 12.8. The molecule has 0 heterocycles. The number of sulfone groups is 1. The Labute approximate surface area is 151 Å². The van der Waals surface area contributed by atoms with E-state index in [1.54, 1.807) is 19.1 Å². The summed E-state index contributed by atoms with van der Waals surface area (Å²) in [5, 5.41) is 9.31. The van der Waals surface area contributed by atoms with Gasteiger partial charge in [-0.2, -0.15) is 26.3 Å². The molecule has 0 bridgehead atoms. The number of hydrogen-bond acceptors (Lipinski definition) is 3. The lowest BCUT2D eigenvalue weighted by Crippen LogP contribution is -2.53. The van der Waals surface area contributed by atoms with E-state index in [0.29, 0.717) is 12.1 Å². The molecule has 0 atom stereocenters. The second-order valence-electron chi connectivity index (χ2n) is 5.97. The van der Waals surface area contributed by atoms with Gasteiger partial charge in [-0.25, -0.2) is 8.42 Å². The second kappa shape index (κ2) is 6.83. The fraction of sp³-hybridized carbons (Fsp3) is 0.294. The van der Waals surface area contributed by atoms with Crippen LogP contribution in [0, 0.1) is 6.92 Å². The van der Waals surface area contributed by atoms with E-state index in [1.165, 1.54) is 12.1 Å². The van der Waals surface area contributed by atoms with E-state index in [2.05, 4.69) is 0 Å². The van der Waals surface area contributed by atoms with Gasteiger partial charge in [0.05, 0.1) is 10.6 Å². The largest absolute Gasteiger partial charge is 0.430 e. The minimum absolute atomic E-state index is 0.0222. The van der Waals surface area contributed by atoms with Gasteiger partial charge in [0, 0.05) is 5.56 Å². The second-order valence-corrected chi connectivity index (χ2v) is 7.96. The summed E-state index contributed by atoms with van der Waals surface area (Å²) in [5.41, 5.74) is -5.70. The molecule has 0 amide bonds. The molecule has 10 heteroatoms. The molecule has 0 unspecified atom stereocenters. The van der Waals surface area contributed by atoms with E-state index in [0.717, 1.165) is 17.7 Å². The zero-order chi connectivity index (χ0) is 20.7. The molecular weight excluding hydrogens is 398 g/mol. The standard InChI is InChI=1S/C17H14F6O3S/c1-11-2-8-14(9-3-11)27(25,26)10-12-4-6-13(7-5-12)15(24,16(18,19)20)17(21,22)23/h2-9,24H,10H2,1H3. The van der Waals surface area contributed by atoms with Gasteiger partial charge in [0.15, 0.2) is 9.84 Å². The van der Waals surface area contributed by atoms with Crippen LogP contribution in [0.25, 0.3) is 0 Å². The molecule has 148 valence electrons. The van der Waals surface area contributed by atoms with Gasteiger partial charge in [-0.05, 0) is 24.6 Å². The molecule has 27 heavy (non-hydrogen) atoms. The molecule has 0 radical (unpaired) electrons. The van der Waals surface area contributed by atoms with Gasteiger partial charge in [-0.1, -0.05) is 42.0 Å². The SMILES string of the molecule is Cc1ccc(S(=O)(=O)Cc2ccc(C(O)(C(F)(F)F)C(F)(F)F)cc2)cc1. The molecule has 0 saturated carbocycles. The van der Waals surface area contributed by atoms with Crippen molar-refractivity contribution < 1.29 is 39.9 Å². The molecular formula is C17H14F6O3S. The van der Waals surface area contributed by atoms with Gasteiger partial charge in [0.2, 0.25) is 0 Å². The van der Waals surface area contributed by atoms with Crippen molar-refractivity contribution in [1.29, 1.82) is 0 Å². The van der Waals surface area contributed by atoms with Crippen molar-refractivity contribution in [3.05, 3.63) is 65.2 Å². The first kappa shape index (κ1) is 21.2. The third-order valence-corrected chi connectivity index (χ3v) is 5.63. The lowest BCUT2D eigenvalue weighted by atomic mass is 9.92. The molecule has 0 aliphatic heterocycles. The Bertz CT molecular complexity index is 884. The van der Waals surface area contributed by atoms with Crippen molar-refractivity contribution in [2.45, 2.75) is 35.5 Å². The predicted molar refractivity (Wildman–Crippen MR) is 84.5 cm³/mol. The van der Waals surface area contributed by atoms with Crippen LogP contribution < -0.4 is 0 Å². The van der Waals surface area contributed by atoms with Crippen molar-refractivity contribution in [3.63, 3.8) is 0 Å². The number of hydrogen-bond donors (Lipinski definition) is 1. The van der Waals surface area contributed by atoms with Gasteiger partial charge in [0.1, 0.15) is 0 Å². The van der Waals surface area contributed by atoms with Crippen molar-refractivity contribution in [2.75, 3.05) is 0 Å². The van der Waals surface area contributed by atoms with E-state index in [-0.39, 0.29) is 10.5 Å². The van der Waals surface area contributed by atoms with Crippen LogP contribution in [0.5, 0.6) is 0 Å². The Morgan fingerprint density at radius 1 is 0.815 bits per heavy atom. The molecule has 0 fully saturated rings. The zero-order valence-corrected chi connectivity index (χ0v) is 14.6. The summed E-state index contributed by atoms with van der Waals surface area (Å²) >= 11 is 0. The predicted octanol–water partition coefficient (Wildman–Crippen LogP) is 4.28. The van der Waals surface area contributed by atoms with Gasteiger partial charge in [-0.3, -0.25) is 0 Å². The van der Waals surface area contributed by atoms with Crippen LogP contribution in [0.15, 0.2) is 53.4 Å². The van der Waals surface area contributed by atoms with E-state index < -0.39 is 39.1 Å². The number of aliphatic hydroxyl groups is 1. The topological polar surface area (TPSA) is 54.4 Å². The summed E-state index contributed by atoms with van der Waals surface area (Å²) in [5.74, 6) is -0.618. The van der Waals surface area contributed by atoms with Crippen molar-refractivity contribution in [1.82, 2.24) is 0 Å². The lowest BCUT2D eigenvalue weighted by Gasteiger charge is -2.32. The van der Waals surface area contributed by atoms with Crippen LogP contribution in [0.1, 0.15) is 16.7 Å². The fourth-order valence-corrected chi connectivity index (χ4v) is 3.73. The summed E-state index contributed by atoms with van der Waals surface area (Å²) < 4.78 is 102. The highest BCUT2D eigenvalue weighted by molar-refractivity contribution is 7.90. The molecule has 0 spiro atoms. The average Bonchev–Trinajstić information content (AvgIpc) is 2.52. The summed E-state index contributed by atoms with van der Waals surface area (Å²) in [4.78, 5) is -0.0285. The smallest absolute Gasteiger partial charge is 0.369 e. The van der Waals surface area contributed by atoms with Gasteiger partial charge >= 0.3 is 12.4 Å². The van der Waals surface area contributed by atoms with E-state index in [1.807, 2.05) is 0 Å². The molecule has 0 aliphatic rings. The highest BCUT2D eigenvalue weighted by Crippen LogP contribution is 2.49. The molecule has 0 aliphatic carbocycles. The first-order valence-corrected chi connectivity index (χ1v) is 9.08. The molecule has 0 saturated heterocycles. The summed E-state index contributed by atoms with van der Waals surface area (Å²) in [6.45, 7) is 1.75. The van der Waals surface area contributed by atoms with Crippen molar-refractivity contribution in [2.24, 2.45) is 0 Å². The van der Waals surface area contributed by atoms with Crippen LogP contribution in [-0.2, 0) is 21.2 Å². The Morgan fingerprint density at radius 2 is 1.26 bits per heavy atom. The van der Waals surface area contributed by atoms with Crippen LogP contribution in [0.3, 0.4) is 0 Å². The molecule has 1 N–H and O–H groups in total. The lowest BCUT2D eigenvalue weighted by molar-refractivity contribution is -0.376. The Morgan fingerprint density at radius 3 is 1.67 bits per heavy atom. The summed E-state index contributed by atoms with van der Waals surface area (Å²) in [6, 6.07) is 8.27. The summed E-state index contributed by atoms with van der Waals surface area (Å²) in [7, 11) is -3.84. The van der Waals surface area contributed by atoms with Crippen molar-refractivity contribution in [3.8, 4) is 0 Å². The Kier molecular flexibility index (Phi) is 5.37. The maximum Gasteiger partial charge on any atom is 0.430 e. The highest BCUT2D eigenvalue weighted by Gasteiger charge is 2.71. The molecule has 3 nitrogen and oxygen atoms in total. The molecule has 2 rings (SSSR count). The Balaban J connectivity index is 2.36. The third kappa shape index (κ3) is 4.11. The van der Waals surface area contributed by atoms with Crippen molar-refractivity contribution >= 4 is 9.84 Å². The van der Waals surface area contributed by atoms with E-state index in [9.17, 15) is 39.9 Å². The first-order chi connectivity index (χ1) is 12.2. The maximum atomic E-state index is 12.8. The fourth-order valence-electron chi connectivity index (χ4n) is 2.38. The highest BCUT2D eigenvalue weighted by atomic mass is 32.2. The Hall–Kier alpha value is -2.07. The van der Waals surface area contributed by atoms with Gasteiger partial charge in [0.25, 0.3) is 5.60 Å². The van der Waals surface area contributed by atoms with Crippen LogP contribution in [0.4, 0.5) is 26.3 Å². The number of alkyl halides is 6. The molecule has 0 aromatic heterocycles. The van der Waals surface area contributed by atoms with Gasteiger partial charge in [-0.15, -0.1) is 0 Å². The molecule has 2 aromatic rings. The average molecular weight is 412 g/mol. The quantitative estimate of drug-likeness (QED) is 0.763. The van der Waals surface area contributed by atoms with Gasteiger partial charge < -0.3 is 5.11 Å². The number of benzene rings is 2. The van der Waals surface area contributed by atoms with Crippen LogP contribution in [-0.4, -0.2) is 25.9 Å². The number of halogens is 6. The number of aryl methyl sites for hydroxylation is 1. The normalized spacial score (nSPS) is 13.6. The third-order valence-electron chi connectivity index (χ3n) is 3.93.